The Morgan fingerprint density at radius 2 is 1.83 bits per heavy atom. The van der Waals surface area contributed by atoms with E-state index >= 15 is 0 Å². The maximum Gasteiger partial charge on any atom is 0.410 e. The quantitative estimate of drug-likeness (QED) is 0.837. The highest BCUT2D eigenvalue weighted by atomic mass is 32.2. The van der Waals surface area contributed by atoms with Crippen molar-refractivity contribution in [1.29, 1.82) is 0 Å². The average molecular weight is 343 g/mol. The van der Waals surface area contributed by atoms with E-state index in [1.54, 1.807) is 0 Å². The van der Waals surface area contributed by atoms with Gasteiger partial charge in [-0.2, -0.15) is 11.8 Å². The van der Waals surface area contributed by atoms with Crippen LogP contribution in [0.3, 0.4) is 0 Å². The summed E-state index contributed by atoms with van der Waals surface area (Å²) in [5.41, 5.74) is -0.405. The lowest BCUT2D eigenvalue weighted by molar-refractivity contribution is 0.0197. The maximum atomic E-state index is 12.1. The van der Waals surface area contributed by atoms with Crippen molar-refractivity contribution in [3.63, 3.8) is 0 Å². The van der Waals surface area contributed by atoms with Gasteiger partial charge in [0, 0.05) is 30.4 Å². The highest BCUT2D eigenvalue weighted by Crippen LogP contribution is 2.38. The second kappa shape index (κ2) is 8.11. The fourth-order valence-corrected chi connectivity index (χ4v) is 4.50. The molecule has 0 unspecified atom stereocenters. The number of rotatable bonds is 4. The molecule has 1 saturated heterocycles. The number of carbonyl (C=O) groups is 1. The minimum Gasteiger partial charge on any atom is -0.444 e. The van der Waals surface area contributed by atoms with Crippen molar-refractivity contribution in [3.05, 3.63) is 0 Å². The Kier molecular flexibility index (Phi) is 6.66. The van der Waals surface area contributed by atoms with E-state index in [0.29, 0.717) is 10.8 Å². The molecule has 1 amide bonds. The normalized spacial score (nSPS) is 22.9. The molecule has 23 heavy (non-hydrogen) atoms. The SMILES string of the molecule is CSC1(CNC2CCN(C(=O)OC(C)(C)C)CC2)CCCCC1. The largest absolute Gasteiger partial charge is 0.444 e. The van der Waals surface area contributed by atoms with Gasteiger partial charge in [-0.15, -0.1) is 0 Å². The van der Waals surface area contributed by atoms with Crippen LogP contribution < -0.4 is 5.32 Å². The molecule has 2 aliphatic rings. The molecular weight excluding hydrogens is 308 g/mol. The van der Waals surface area contributed by atoms with Gasteiger partial charge >= 0.3 is 6.09 Å². The van der Waals surface area contributed by atoms with Crippen molar-refractivity contribution in [2.75, 3.05) is 25.9 Å². The highest BCUT2D eigenvalue weighted by molar-refractivity contribution is 8.00. The van der Waals surface area contributed by atoms with E-state index in [0.717, 1.165) is 32.5 Å². The molecule has 4 nitrogen and oxygen atoms in total. The summed E-state index contributed by atoms with van der Waals surface area (Å²) in [6, 6.07) is 0.541. The van der Waals surface area contributed by atoms with Crippen molar-refractivity contribution in [3.8, 4) is 0 Å². The van der Waals surface area contributed by atoms with Crippen LogP contribution in [0.15, 0.2) is 0 Å². The van der Waals surface area contributed by atoms with Crippen LogP contribution in [0.2, 0.25) is 0 Å². The predicted octanol–water partition coefficient (Wildman–Crippen LogP) is 4.04. The third-order valence-corrected chi connectivity index (χ3v) is 6.48. The van der Waals surface area contributed by atoms with Gasteiger partial charge in [-0.3, -0.25) is 0 Å². The number of hydrogen-bond acceptors (Lipinski definition) is 4. The molecule has 1 N–H and O–H groups in total. The van der Waals surface area contributed by atoms with Crippen molar-refractivity contribution in [2.24, 2.45) is 0 Å². The summed E-state index contributed by atoms with van der Waals surface area (Å²) in [6.45, 7) is 8.49. The Morgan fingerprint density at radius 3 is 2.35 bits per heavy atom. The Morgan fingerprint density at radius 1 is 1.22 bits per heavy atom. The third-order valence-electron chi connectivity index (χ3n) is 5.06. The van der Waals surface area contributed by atoms with Crippen molar-refractivity contribution < 1.29 is 9.53 Å². The summed E-state index contributed by atoms with van der Waals surface area (Å²) >= 11 is 2.05. The summed E-state index contributed by atoms with van der Waals surface area (Å²) < 4.78 is 5.91. The van der Waals surface area contributed by atoms with Crippen LogP contribution in [0, 0.1) is 0 Å². The van der Waals surface area contributed by atoms with Crippen LogP contribution in [-0.2, 0) is 4.74 Å². The number of nitrogens with zero attached hydrogens (tertiary/aromatic N) is 1. The van der Waals surface area contributed by atoms with Crippen LogP contribution in [0.1, 0.15) is 65.7 Å². The van der Waals surface area contributed by atoms with Gasteiger partial charge in [0.05, 0.1) is 0 Å². The van der Waals surface area contributed by atoms with Crippen LogP contribution in [0.4, 0.5) is 4.79 Å². The number of nitrogens with one attached hydrogen (secondary N) is 1. The molecule has 0 atom stereocenters. The standard InChI is InChI=1S/C18H34N2O2S/c1-17(2,3)22-16(21)20-12-8-15(9-13-20)19-14-18(23-4)10-6-5-7-11-18/h15,19H,5-14H2,1-4H3. The fraction of sp³-hybridized carbons (Fsp3) is 0.944. The van der Waals surface area contributed by atoms with Gasteiger partial charge in [0.15, 0.2) is 0 Å². The van der Waals surface area contributed by atoms with E-state index in [4.69, 9.17) is 4.74 Å². The third kappa shape index (κ3) is 5.86. The molecule has 1 saturated carbocycles. The highest BCUT2D eigenvalue weighted by Gasteiger charge is 2.32. The Balaban J connectivity index is 1.73. The summed E-state index contributed by atoms with van der Waals surface area (Å²) in [6.07, 6.45) is 11.0. The summed E-state index contributed by atoms with van der Waals surface area (Å²) in [7, 11) is 0. The van der Waals surface area contributed by atoms with Gasteiger partial charge in [-0.05, 0) is 52.7 Å². The molecule has 1 heterocycles. The zero-order chi connectivity index (χ0) is 16.9. The summed E-state index contributed by atoms with van der Waals surface area (Å²) in [5, 5.41) is 3.79. The lowest BCUT2D eigenvalue weighted by Crippen LogP contribution is -2.49. The number of piperidine rings is 1. The monoisotopic (exact) mass is 342 g/mol. The molecule has 0 aromatic heterocycles. The lowest BCUT2D eigenvalue weighted by atomic mass is 9.88. The maximum absolute atomic E-state index is 12.1. The fourth-order valence-electron chi connectivity index (χ4n) is 3.57. The number of hydrogen-bond donors (Lipinski definition) is 1. The Hall–Kier alpha value is -0.420. The second-order valence-corrected chi connectivity index (χ2v) is 9.34. The Labute approximate surface area is 146 Å². The van der Waals surface area contributed by atoms with Crippen molar-refractivity contribution in [2.45, 2.75) is 82.1 Å². The van der Waals surface area contributed by atoms with E-state index < -0.39 is 5.60 Å². The minimum atomic E-state index is -0.405. The van der Waals surface area contributed by atoms with Gasteiger partial charge in [0.1, 0.15) is 5.60 Å². The average Bonchev–Trinajstić information content (AvgIpc) is 2.53. The minimum absolute atomic E-state index is 0.163. The summed E-state index contributed by atoms with van der Waals surface area (Å²) in [4.78, 5) is 14.0. The number of likely N-dealkylation sites (tertiary alicyclic amines) is 1. The number of carbonyl (C=O) groups excluding carboxylic acids is 1. The number of ether oxygens (including phenoxy) is 1. The first kappa shape index (κ1) is 18.9. The van der Waals surface area contributed by atoms with Crippen LogP contribution in [0.5, 0.6) is 0 Å². The number of thioether (sulfide) groups is 1. The molecule has 2 fully saturated rings. The van der Waals surface area contributed by atoms with Gasteiger partial charge in [-0.1, -0.05) is 19.3 Å². The zero-order valence-corrected chi connectivity index (χ0v) is 16.1. The zero-order valence-electron chi connectivity index (χ0n) is 15.3. The molecule has 0 aromatic carbocycles. The van der Waals surface area contributed by atoms with Gasteiger partial charge in [0.2, 0.25) is 0 Å². The van der Waals surface area contributed by atoms with E-state index in [-0.39, 0.29) is 6.09 Å². The predicted molar refractivity (Wildman–Crippen MR) is 98.2 cm³/mol. The first-order valence-corrected chi connectivity index (χ1v) is 10.3. The molecule has 0 bridgehead atoms. The topological polar surface area (TPSA) is 41.6 Å². The van der Waals surface area contributed by atoms with Crippen LogP contribution in [-0.4, -0.2) is 53.3 Å². The van der Waals surface area contributed by atoms with Crippen molar-refractivity contribution >= 4 is 17.9 Å². The van der Waals surface area contributed by atoms with Gasteiger partial charge in [-0.25, -0.2) is 4.79 Å². The molecule has 1 aliphatic heterocycles. The molecule has 134 valence electrons. The molecular formula is C18H34N2O2S. The smallest absolute Gasteiger partial charge is 0.410 e. The molecule has 1 aliphatic carbocycles. The van der Waals surface area contributed by atoms with Crippen molar-refractivity contribution in [1.82, 2.24) is 10.2 Å². The van der Waals surface area contributed by atoms with Crippen LogP contribution >= 0.6 is 11.8 Å². The molecule has 0 radical (unpaired) electrons. The first-order valence-electron chi connectivity index (χ1n) is 9.10. The summed E-state index contributed by atoms with van der Waals surface area (Å²) in [5.74, 6) is 0. The number of amides is 1. The first-order chi connectivity index (χ1) is 10.8. The lowest BCUT2D eigenvalue weighted by Gasteiger charge is -2.39. The second-order valence-electron chi connectivity index (χ2n) is 8.07. The van der Waals surface area contributed by atoms with E-state index in [9.17, 15) is 4.79 Å². The molecule has 2 rings (SSSR count). The Bertz CT molecular complexity index is 381. The van der Waals surface area contributed by atoms with E-state index in [1.807, 2.05) is 37.4 Å². The molecule has 0 aromatic rings. The molecule has 0 spiro atoms. The van der Waals surface area contributed by atoms with Crippen LogP contribution in [0.25, 0.3) is 0 Å². The molecule has 5 heteroatoms. The van der Waals surface area contributed by atoms with Gasteiger partial charge in [0.25, 0.3) is 0 Å². The van der Waals surface area contributed by atoms with Gasteiger partial charge < -0.3 is 15.0 Å². The van der Waals surface area contributed by atoms with E-state index in [2.05, 4.69) is 11.6 Å². The van der Waals surface area contributed by atoms with E-state index in [1.165, 1.54) is 32.1 Å².